The van der Waals surface area contributed by atoms with Crippen LogP contribution in [0.1, 0.15) is 33.6 Å². The van der Waals surface area contributed by atoms with E-state index >= 15 is 0 Å². The molecule has 0 aliphatic heterocycles. The van der Waals surface area contributed by atoms with Gasteiger partial charge in [0.25, 0.3) is 0 Å². The lowest BCUT2D eigenvalue weighted by molar-refractivity contribution is -0.118. The number of hydrogen-bond acceptors (Lipinski definition) is 5. The summed E-state index contributed by atoms with van der Waals surface area (Å²) in [6.45, 7) is 5.35. The minimum absolute atomic E-state index is 0.00106. The van der Waals surface area contributed by atoms with Crippen LogP contribution in [0.25, 0.3) is 0 Å². The number of ether oxygens (including phenoxy) is 2. The number of carbonyl (C=O) groups is 1. The third kappa shape index (κ3) is 5.04. The summed E-state index contributed by atoms with van der Waals surface area (Å²) in [4.78, 5) is 11.0. The Balaban J connectivity index is 3.22. The van der Waals surface area contributed by atoms with Crippen molar-refractivity contribution in [2.45, 2.75) is 38.5 Å². The molecule has 1 radical (unpaired) electrons. The molecule has 0 saturated carbocycles. The molecule has 117 valence electrons. The summed E-state index contributed by atoms with van der Waals surface area (Å²) in [7, 11) is -3.48. The van der Waals surface area contributed by atoms with Crippen LogP contribution < -0.4 is 9.47 Å². The van der Waals surface area contributed by atoms with Crippen LogP contribution >= 0.6 is 0 Å². The van der Waals surface area contributed by atoms with Gasteiger partial charge < -0.3 is 9.47 Å². The summed E-state index contributed by atoms with van der Waals surface area (Å²) in [6, 6.07) is 5.74. The molecule has 0 unspecified atom stereocenters. The van der Waals surface area contributed by atoms with Crippen LogP contribution in [0.15, 0.2) is 17.0 Å². The minimum Gasteiger partial charge on any atom is -0.488 e. The minimum atomic E-state index is -3.48. The molecule has 0 heterocycles. The maximum Gasteiger partial charge on any atom is 0.182 e. The zero-order chi connectivity index (χ0) is 15.9. The van der Waals surface area contributed by atoms with Crippen LogP contribution in [-0.2, 0) is 14.6 Å². The fourth-order valence-electron chi connectivity index (χ4n) is 1.68. The average molecular weight is 313 g/mol. The van der Waals surface area contributed by atoms with E-state index in [0.717, 1.165) is 6.42 Å². The first-order valence-electron chi connectivity index (χ1n) is 6.94. The summed E-state index contributed by atoms with van der Waals surface area (Å²) in [5.41, 5.74) is 0. The number of rotatable bonds is 9. The van der Waals surface area contributed by atoms with E-state index in [0.29, 0.717) is 13.0 Å². The predicted molar refractivity (Wildman–Crippen MR) is 79.6 cm³/mol. The van der Waals surface area contributed by atoms with Gasteiger partial charge >= 0.3 is 0 Å². The highest BCUT2D eigenvalue weighted by atomic mass is 32.2. The second-order valence-corrected chi connectivity index (χ2v) is 6.70. The van der Waals surface area contributed by atoms with Gasteiger partial charge in [0, 0.05) is 6.07 Å². The zero-order valence-corrected chi connectivity index (χ0v) is 13.5. The van der Waals surface area contributed by atoms with Crippen LogP contribution in [0.2, 0.25) is 0 Å². The molecule has 0 aliphatic carbocycles. The van der Waals surface area contributed by atoms with Crippen molar-refractivity contribution in [3.05, 3.63) is 18.2 Å². The summed E-state index contributed by atoms with van der Waals surface area (Å²) in [6.07, 6.45) is 1.23. The van der Waals surface area contributed by atoms with Crippen LogP contribution in [-0.4, -0.2) is 33.2 Å². The molecule has 21 heavy (non-hydrogen) atoms. The highest BCUT2D eigenvalue weighted by molar-refractivity contribution is 7.91. The van der Waals surface area contributed by atoms with Crippen molar-refractivity contribution >= 4 is 15.6 Å². The quantitative estimate of drug-likeness (QED) is 0.700. The molecule has 0 fully saturated rings. The topological polar surface area (TPSA) is 69.7 Å². The lowest BCUT2D eigenvalue weighted by atomic mass is 10.3. The molecule has 0 saturated heterocycles. The average Bonchev–Trinajstić information content (AvgIpc) is 2.42. The Morgan fingerprint density at radius 2 is 1.95 bits per heavy atom. The van der Waals surface area contributed by atoms with Gasteiger partial charge in [0.1, 0.15) is 11.5 Å². The van der Waals surface area contributed by atoms with Gasteiger partial charge in [-0.1, -0.05) is 13.8 Å². The van der Waals surface area contributed by atoms with Crippen molar-refractivity contribution in [2.24, 2.45) is 0 Å². The van der Waals surface area contributed by atoms with E-state index in [1.807, 2.05) is 6.92 Å². The van der Waals surface area contributed by atoms with Crippen molar-refractivity contribution in [1.82, 2.24) is 0 Å². The Morgan fingerprint density at radius 3 is 2.52 bits per heavy atom. The van der Waals surface area contributed by atoms with Crippen LogP contribution in [0, 0.1) is 6.07 Å². The van der Waals surface area contributed by atoms with E-state index in [-0.39, 0.29) is 34.5 Å². The molecule has 1 aromatic carbocycles. The predicted octanol–water partition coefficient (Wildman–Crippen LogP) is 2.43. The molecule has 6 heteroatoms. The first kappa shape index (κ1) is 17.5. The molecule has 0 aliphatic rings. The molecule has 0 spiro atoms. The Hall–Kier alpha value is -1.56. The Bertz CT molecular complexity index is 578. The summed E-state index contributed by atoms with van der Waals surface area (Å²) in [5.74, 6) is 0.269. The maximum atomic E-state index is 12.3. The maximum absolute atomic E-state index is 12.3. The summed E-state index contributed by atoms with van der Waals surface area (Å²) < 4.78 is 35.4. The highest BCUT2D eigenvalue weighted by Gasteiger charge is 2.23. The molecular formula is C15H21O5S. The van der Waals surface area contributed by atoms with Gasteiger partial charge in [-0.25, -0.2) is 8.42 Å². The van der Waals surface area contributed by atoms with E-state index in [9.17, 15) is 13.2 Å². The first-order valence-corrected chi connectivity index (χ1v) is 8.60. The van der Waals surface area contributed by atoms with Crippen molar-refractivity contribution < 1.29 is 22.7 Å². The van der Waals surface area contributed by atoms with Gasteiger partial charge in [0.15, 0.2) is 27.1 Å². The number of sulfone groups is 1. The van der Waals surface area contributed by atoms with Gasteiger partial charge in [0.2, 0.25) is 0 Å². The largest absolute Gasteiger partial charge is 0.488 e. The van der Waals surface area contributed by atoms with Crippen LogP contribution in [0.3, 0.4) is 0 Å². The van der Waals surface area contributed by atoms with Crippen LogP contribution in [0.5, 0.6) is 11.5 Å². The molecule has 0 bridgehead atoms. The van der Waals surface area contributed by atoms with E-state index in [1.165, 1.54) is 13.0 Å². The third-order valence-corrected chi connectivity index (χ3v) is 4.42. The number of benzene rings is 1. The molecule has 5 nitrogen and oxygen atoms in total. The number of ketones is 1. The fourth-order valence-corrected chi connectivity index (χ4v) is 3.11. The smallest absolute Gasteiger partial charge is 0.182 e. The zero-order valence-electron chi connectivity index (χ0n) is 12.6. The Kier molecular flexibility index (Phi) is 6.68. The molecular weight excluding hydrogens is 292 g/mol. The third-order valence-electron chi connectivity index (χ3n) is 2.54. The molecule has 0 N–H and O–H groups in total. The van der Waals surface area contributed by atoms with E-state index in [2.05, 4.69) is 6.07 Å². The standard InChI is InChI=1S/C15H21O5S/c1-4-9-19-15-13(20-11-12(3)16)7-6-8-14(15)21(17,18)10-5-2/h6-7H,4-5,9-11H2,1-3H3. The van der Waals surface area contributed by atoms with Gasteiger partial charge in [-0.2, -0.15) is 0 Å². The summed E-state index contributed by atoms with van der Waals surface area (Å²) >= 11 is 0. The van der Waals surface area contributed by atoms with Crippen molar-refractivity contribution in [1.29, 1.82) is 0 Å². The van der Waals surface area contributed by atoms with E-state index in [1.54, 1.807) is 13.0 Å². The lowest BCUT2D eigenvalue weighted by Gasteiger charge is -2.15. The number of Topliss-reactive ketones (excluding diaryl/α,β-unsaturated/α-hetero) is 1. The van der Waals surface area contributed by atoms with Gasteiger partial charge in [-0.05, 0) is 31.9 Å². The monoisotopic (exact) mass is 313 g/mol. The van der Waals surface area contributed by atoms with Crippen molar-refractivity contribution in [2.75, 3.05) is 19.0 Å². The van der Waals surface area contributed by atoms with Crippen molar-refractivity contribution in [3.8, 4) is 11.5 Å². The number of hydrogen-bond donors (Lipinski definition) is 0. The molecule has 0 amide bonds. The van der Waals surface area contributed by atoms with Crippen LogP contribution in [0.4, 0.5) is 0 Å². The fraction of sp³-hybridized carbons (Fsp3) is 0.533. The SMILES string of the molecule is CCCOc1c(S(=O)(=O)CCC)[c]ccc1OCC(C)=O. The second kappa shape index (κ2) is 8.02. The van der Waals surface area contributed by atoms with Gasteiger partial charge in [-0.15, -0.1) is 0 Å². The van der Waals surface area contributed by atoms with E-state index < -0.39 is 9.84 Å². The molecule has 0 aromatic heterocycles. The van der Waals surface area contributed by atoms with Gasteiger partial charge in [-0.3, -0.25) is 4.79 Å². The van der Waals surface area contributed by atoms with E-state index in [4.69, 9.17) is 9.47 Å². The second-order valence-electron chi connectivity index (χ2n) is 4.66. The molecule has 0 atom stereocenters. The molecule has 1 rings (SSSR count). The first-order chi connectivity index (χ1) is 9.92. The number of carbonyl (C=O) groups excluding carboxylic acids is 1. The van der Waals surface area contributed by atoms with Crippen molar-refractivity contribution in [3.63, 3.8) is 0 Å². The van der Waals surface area contributed by atoms with Gasteiger partial charge in [0.05, 0.1) is 12.4 Å². The Labute approximate surface area is 126 Å². The summed E-state index contributed by atoms with van der Waals surface area (Å²) in [5, 5.41) is 0. The normalized spacial score (nSPS) is 11.2. The molecule has 1 aromatic rings. The lowest BCUT2D eigenvalue weighted by Crippen LogP contribution is -2.12. The highest BCUT2D eigenvalue weighted by Crippen LogP contribution is 2.35. The Morgan fingerprint density at radius 1 is 1.24 bits per heavy atom.